The zero-order chi connectivity index (χ0) is 15.9. The highest BCUT2D eigenvalue weighted by Crippen LogP contribution is 2.29. The fourth-order valence-corrected chi connectivity index (χ4v) is 2.21. The highest BCUT2D eigenvalue weighted by Gasteiger charge is 2.09. The number of hydrogen-bond acceptors (Lipinski definition) is 3. The molecule has 0 spiro atoms. The molecule has 0 heterocycles. The van der Waals surface area contributed by atoms with Crippen LogP contribution in [0, 0.1) is 0 Å². The summed E-state index contributed by atoms with van der Waals surface area (Å²) >= 11 is 11.9. The van der Waals surface area contributed by atoms with Gasteiger partial charge in [-0.2, -0.15) is 0 Å². The first kappa shape index (κ1) is 16.5. The van der Waals surface area contributed by atoms with Crippen LogP contribution < -0.4 is 15.4 Å². The molecule has 2 rings (SSSR count). The number of hydrogen-bond donors (Lipinski definition) is 2. The largest absolute Gasteiger partial charge is 0.492 e. The minimum Gasteiger partial charge on any atom is -0.492 e. The number of carbonyl (C=O) groups is 1. The van der Waals surface area contributed by atoms with E-state index in [9.17, 15) is 4.79 Å². The van der Waals surface area contributed by atoms with Crippen LogP contribution in [-0.4, -0.2) is 19.1 Å². The van der Waals surface area contributed by atoms with E-state index in [1.807, 2.05) is 31.2 Å². The lowest BCUT2D eigenvalue weighted by Crippen LogP contribution is -2.22. The van der Waals surface area contributed by atoms with Gasteiger partial charge in [0.25, 0.3) is 0 Å². The number of nitrogens with one attached hydrogen (secondary N) is 2. The molecule has 0 aliphatic heterocycles. The van der Waals surface area contributed by atoms with E-state index in [2.05, 4.69) is 10.6 Å². The molecule has 2 aromatic rings. The van der Waals surface area contributed by atoms with E-state index in [1.54, 1.807) is 18.2 Å². The van der Waals surface area contributed by atoms with E-state index in [1.165, 1.54) is 0 Å². The molecule has 0 unspecified atom stereocenters. The maximum atomic E-state index is 12.0. The number of halogens is 2. The molecule has 4 nitrogen and oxygen atoms in total. The Morgan fingerprint density at radius 3 is 2.59 bits per heavy atom. The molecule has 0 saturated heterocycles. The van der Waals surface area contributed by atoms with Gasteiger partial charge in [0.2, 0.25) is 5.91 Å². The Morgan fingerprint density at radius 1 is 1.09 bits per heavy atom. The lowest BCUT2D eigenvalue weighted by Gasteiger charge is -2.12. The highest BCUT2D eigenvalue weighted by atomic mass is 35.5. The van der Waals surface area contributed by atoms with Gasteiger partial charge in [-0.1, -0.05) is 41.4 Å². The summed E-state index contributed by atoms with van der Waals surface area (Å²) in [6.45, 7) is 2.56. The van der Waals surface area contributed by atoms with Gasteiger partial charge in [-0.15, -0.1) is 0 Å². The average Bonchev–Trinajstić information content (AvgIpc) is 2.51. The highest BCUT2D eigenvalue weighted by molar-refractivity contribution is 6.44. The molecule has 0 bridgehead atoms. The second kappa shape index (κ2) is 7.92. The van der Waals surface area contributed by atoms with Crippen LogP contribution in [0.15, 0.2) is 42.5 Å². The van der Waals surface area contributed by atoms with Crippen molar-refractivity contribution in [2.75, 3.05) is 23.8 Å². The molecule has 6 heteroatoms. The summed E-state index contributed by atoms with van der Waals surface area (Å²) in [6, 6.07) is 12.5. The third kappa shape index (κ3) is 4.29. The lowest BCUT2D eigenvalue weighted by molar-refractivity contribution is -0.114. The summed E-state index contributed by atoms with van der Waals surface area (Å²) < 4.78 is 5.49. The summed E-state index contributed by atoms with van der Waals surface area (Å²) in [4.78, 5) is 12.0. The quantitative estimate of drug-likeness (QED) is 0.818. The lowest BCUT2D eigenvalue weighted by atomic mass is 10.3. The van der Waals surface area contributed by atoms with E-state index in [0.717, 1.165) is 5.69 Å². The molecule has 0 fully saturated rings. The fourth-order valence-electron chi connectivity index (χ4n) is 1.86. The zero-order valence-corrected chi connectivity index (χ0v) is 13.5. The number of rotatable bonds is 6. The molecule has 0 saturated carbocycles. The summed E-state index contributed by atoms with van der Waals surface area (Å²) in [5.74, 6) is 0.481. The van der Waals surface area contributed by atoms with Gasteiger partial charge in [-0.3, -0.25) is 4.79 Å². The molecule has 1 amide bonds. The topological polar surface area (TPSA) is 50.4 Å². The van der Waals surface area contributed by atoms with Crippen molar-refractivity contribution in [3.8, 4) is 5.75 Å². The van der Waals surface area contributed by atoms with E-state index in [4.69, 9.17) is 27.9 Å². The first-order valence-electron chi connectivity index (χ1n) is 6.81. The first-order valence-corrected chi connectivity index (χ1v) is 7.57. The number of benzene rings is 2. The number of anilines is 2. The van der Waals surface area contributed by atoms with Gasteiger partial charge >= 0.3 is 0 Å². The third-order valence-electron chi connectivity index (χ3n) is 2.85. The molecule has 2 aromatic carbocycles. The molecule has 0 aliphatic carbocycles. The molecule has 0 aliphatic rings. The van der Waals surface area contributed by atoms with Gasteiger partial charge in [0.05, 0.1) is 34.6 Å². The molecule has 116 valence electrons. The average molecular weight is 339 g/mol. The first-order chi connectivity index (χ1) is 10.6. The van der Waals surface area contributed by atoms with Crippen molar-refractivity contribution in [2.45, 2.75) is 6.92 Å². The van der Waals surface area contributed by atoms with Crippen molar-refractivity contribution in [2.24, 2.45) is 0 Å². The Kier molecular flexibility index (Phi) is 5.92. The third-order valence-corrected chi connectivity index (χ3v) is 3.67. The van der Waals surface area contributed by atoms with Crippen molar-refractivity contribution < 1.29 is 9.53 Å². The van der Waals surface area contributed by atoms with Gasteiger partial charge in [0.15, 0.2) is 0 Å². The van der Waals surface area contributed by atoms with Gasteiger partial charge in [0.1, 0.15) is 5.75 Å². The van der Waals surface area contributed by atoms with Crippen LogP contribution in [0.3, 0.4) is 0 Å². The maximum Gasteiger partial charge on any atom is 0.243 e. The molecular formula is C16H16Cl2N2O2. The number of ether oxygens (including phenoxy) is 1. The Bertz CT molecular complexity index is 662. The van der Waals surface area contributed by atoms with E-state index in [0.29, 0.717) is 28.1 Å². The van der Waals surface area contributed by atoms with Crippen LogP contribution in [-0.2, 0) is 4.79 Å². The predicted octanol–water partition coefficient (Wildman–Crippen LogP) is 4.44. The summed E-state index contributed by atoms with van der Waals surface area (Å²) in [7, 11) is 0. The fraction of sp³-hybridized carbons (Fsp3) is 0.188. The minimum atomic E-state index is -0.226. The van der Waals surface area contributed by atoms with Crippen LogP contribution in [0.4, 0.5) is 11.4 Å². The van der Waals surface area contributed by atoms with Gasteiger partial charge in [0, 0.05) is 0 Å². The van der Waals surface area contributed by atoms with Crippen molar-refractivity contribution >= 4 is 40.5 Å². The van der Waals surface area contributed by atoms with Crippen molar-refractivity contribution in [1.29, 1.82) is 0 Å². The second-order valence-electron chi connectivity index (χ2n) is 4.43. The predicted molar refractivity (Wildman–Crippen MR) is 91.2 cm³/mol. The van der Waals surface area contributed by atoms with E-state index in [-0.39, 0.29) is 12.5 Å². The molecule has 22 heavy (non-hydrogen) atoms. The number of para-hydroxylation sites is 2. The standard InChI is InChI=1S/C16H16Cl2N2O2/c1-2-22-14-9-4-3-7-12(14)19-10-15(21)20-13-8-5-6-11(17)16(13)18/h3-9,19H,2,10H2,1H3,(H,20,21). The Labute approximate surface area is 139 Å². The second-order valence-corrected chi connectivity index (χ2v) is 5.22. The van der Waals surface area contributed by atoms with Gasteiger partial charge in [-0.25, -0.2) is 0 Å². The van der Waals surface area contributed by atoms with Gasteiger partial charge in [-0.05, 0) is 31.2 Å². The Morgan fingerprint density at radius 2 is 1.82 bits per heavy atom. The molecule has 0 aromatic heterocycles. The van der Waals surface area contributed by atoms with Crippen LogP contribution >= 0.6 is 23.2 Å². The normalized spacial score (nSPS) is 10.1. The molecule has 0 radical (unpaired) electrons. The Balaban J connectivity index is 1.97. The van der Waals surface area contributed by atoms with Crippen LogP contribution in [0.5, 0.6) is 5.75 Å². The summed E-state index contributed by atoms with van der Waals surface area (Å²) in [6.07, 6.45) is 0. The monoisotopic (exact) mass is 338 g/mol. The van der Waals surface area contributed by atoms with Crippen molar-refractivity contribution in [3.63, 3.8) is 0 Å². The number of amides is 1. The molecular weight excluding hydrogens is 323 g/mol. The van der Waals surface area contributed by atoms with Crippen LogP contribution in [0.25, 0.3) is 0 Å². The van der Waals surface area contributed by atoms with Gasteiger partial charge < -0.3 is 15.4 Å². The van der Waals surface area contributed by atoms with Crippen molar-refractivity contribution in [1.82, 2.24) is 0 Å². The van der Waals surface area contributed by atoms with Crippen LogP contribution in [0.2, 0.25) is 10.0 Å². The maximum absolute atomic E-state index is 12.0. The smallest absolute Gasteiger partial charge is 0.243 e. The Hall–Kier alpha value is -1.91. The van der Waals surface area contributed by atoms with E-state index >= 15 is 0 Å². The molecule has 2 N–H and O–H groups in total. The summed E-state index contributed by atoms with van der Waals surface area (Å²) in [5.41, 5.74) is 1.25. The van der Waals surface area contributed by atoms with Crippen molar-refractivity contribution in [3.05, 3.63) is 52.5 Å². The SMILES string of the molecule is CCOc1ccccc1NCC(=O)Nc1cccc(Cl)c1Cl. The minimum absolute atomic E-state index is 0.0902. The number of carbonyl (C=O) groups excluding carboxylic acids is 1. The van der Waals surface area contributed by atoms with E-state index < -0.39 is 0 Å². The summed E-state index contributed by atoms with van der Waals surface area (Å²) in [5, 5.41) is 6.48. The molecule has 0 atom stereocenters. The van der Waals surface area contributed by atoms with Crippen LogP contribution in [0.1, 0.15) is 6.92 Å². The zero-order valence-electron chi connectivity index (χ0n) is 12.0.